The summed E-state index contributed by atoms with van der Waals surface area (Å²) in [6.45, 7) is 3.55. The lowest BCUT2D eigenvalue weighted by Gasteiger charge is -2.11. The van der Waals surface area contributed by atoms with Gasteiger partial charge in [0, 0.05) is 13.0 Å². The maximum atomic E-state index is 13.7. The van der Waals surface area contributed by atoms with Crippen LogP contribution in [-0.4, -0.2) is 25.2 Å². The molecule has 0 aliphatic carbocycles. The first kappa shape index (κ1) is 21.3. The Labute approximate surface area is 180 Å². The van der Waals surface area contributed by atoms with Crippen molar-refractivity contribution in [1.82, 2.24) is 19.3 Å². The molecule has 10 heteroatoms. The molecule has 4 aromatic rings. The minimum atomic E-state index is -1.67. The summed E-state index contributed by atoms with van der Waals surface area (Å²) >= 11 is 0. The van der Waals surface area contributed by atoms with E-state index in [2.05, 4.69) is 15.4 Å². The highest BCUT2D eigenvalue weighted by atomic mass is 19.2. The van der Waals surface area contributed by atoms with Gasteiger partial charge in [0.1, 0.15) is 11.2 Å². The van der Waals surface area contributed by atoms with Gasteiger partial charge >= 0.3 is 0 Å². The zero-order valence-corrected chi connectivity index (χ0v) is 17.2. The van der Waals surface area contributed by atoms with Gasteiger partial charge in [0.25, 0.3) is 5.56 Å². The molecular formula is C22H18F3N5O2. The molecule has 0 radical (unpaired) electrons. The second kappa shape index (κ2) is 8.29. The number of carbonyl (C=O) groups is 1. The van der Waals surface area contributed by atoms with Gasteiger partial charge in [-0.3, -0.25) is 14.2 Å². The molecule has 1 N–H and O–H groups in total. The van der Waals surface area contributed by atoms with Crippen LogP contribution in [0.1, 0.15) is 17.8 Å². The monoisotopic (exact) mass is 441 g/mol. The van der Waals surface area contributed by atoms with Crippen molar-refractivity contribution in [3.8, 4) is 5.69 Å². The first-order valence-corrected chi connectivity index (χ1v) is 9.72. The molecular weight excluding hydrogens is 423 g/mol. The van der Waals surface area contributed by atoms with Crippen molar-refractivity contribution in [2.24, 2.45) is 0 Å². The number of aromatic nitrogens is 4. The number of carbonyl (C=O) groups excluding carboxylic acids is 1. The molecule has 0 spiro atoms. The van der Waals surface area contributed by atoms with Crippen LogP contribution in [-0.2, 0) is 11.3 Å². The molecule has 0 atom stereocenters. The molecule has 7 nitrogen and oxygen atoms in total. The number of rotatable bonds is 5. The van der Waals surface area contributed by atoms with Crippen LogP contribution in [0.25, 0.3) is 16.7 Å². The Kier molecular flexibility index (Phi) is 5.52. The molecule has 0 aliphatic rings. The fourth-order valence-corrected chi connectivity index (χ4v) is 3.29. The number of benzene rings is 2. The number of halogens is 3. The number of nitrogens with zero attached hydrogens (tertiary/aromatic N) is 4. The summed E-state index contributed by atoms with van der Waals surface area (Å²) < 4.78 is 43.0. The Hall–Kier alpha value is -3.95. The lowest BCUT2D eigenvalue weighted by atomic mass is 10.2. The molecule has 0 saturated carbocycles. The third-order valence-corrected chi connectivity index (χ3v) is 5.03. The van der Waals surface area contributed by atoms with Gasteiger partial charge in [-0.15, -0.1) is 0 Å². The topological polar surface area (TPSA) is 81.8 Å². The van der Waals surface area contributed by atoms with Crippen LogP contribution in [0, 0.1) is 31.3 Å². The van der Waals surface area contributed by atoms with Gasteiger partial charge in [-0.25, -0.2) is 22.8 Å². The zero-order chi connectivity index (χ0) is 23.0. The van der Waals surface area contributed by atoms with Crippen molar-refractivity contribution in [1.29, 1.82) is 0 Å². The molecule has 0 fully saturated rings. The summed E-state index contributed by atoms with van der Waals surface area (Å²) in [5.41, 5.74) is 1.37. The molecule has 0 saturated heterocycles. The molecule has 4 rings (SSSR count). The molecule has 2 aromatic heterocycles. The van der Waals surface area contributed by atoms with E-state index in [9.17, 15) is 22.8 Å². The van der Waals surface area contributed by atoms with E-state index in [0.717, 1.165) is 17.3 Å². The van der Waals surface area contributed by atoms with Crippen LogP contribution in [0.3, 0.4) is 0 Å². The third-order valence-electron chi connectivity index (χ3n) is 5.03. The average molecular weight is 441 g/mol. The van der Waals surface area contributed by atoms with E-state index >= 15 is 0 Å². The second-order valence-corrected chi connectivity index (χ2v) is 7.27. The van der Waals surface area contributed by atoms with E-state index in [0.29, 0.717) is 17.5 Å². The summed E-state index contributed by atoms with van der Waals surface area (Å²) in [5.74, 6) is -4.82. The van der Waals surface area contributed by atoms with Crippen LogP contribution in [0.2, 0.25) is 0 Å². The standard InChI is InChI=1S/C22H18F3N5O2/c1-12-3-5-14(6-4-12)30-21-15(11-26-30)22(32)29(13(2)27-21)10-9-18(31)28-17-8-7-16(23)19(24)20(17)25/h3-8,11H,9-10H2,1-2H3,(H,28,31). The number of fused-ring (bicyclic) bond motifs is 1. The predicted molar refractivity (Wildman–Crippen MR) is 112 cm³/mol. The van der Waals surface area contributed by atoms with E-state index in [1.54, 1.807) is 11.6 Å². The van der Waals surface area contributed by atoms with Crippen molar-refractivity contribution in [3.63, 3.8) is 0 Å². The number of hydrogen-bond donors (Lipinski definition) is 1. The summed E-state index contributed by atoms with van der Waals surface area (Å²) in [5, 5.41) is 6.73. The summed E-state index contributed by atoms with van der Waals surface area (Å²) in [7, 11) is 0. The van der Waals surface area contributed by atoms with E-state index in [4.69, 9.17) is 0 Å². The van der Waals surface area contributed by atoms with Gasteiger partial charge in [0.05, 0.1) is 17.6 Å². The molecule has 0 aliphatic heterocycles. The number of anilines is 1. The smallest absolute Gasteiger partial charge is 0.264 e. The Morgan fingerprint density at radius 3 is 2.47 bits per heavy atom. The molecule has 164 valence electrons. The zero-order valence-electron chi connectivity index (χ0n) is 17.2. The molecule has 32 heavy (non-hydrogen) atoms. The Bertz CT molecular complexity index is 1390. The Morgan fingerprint density at radius 1 is 1.03 bits per heavy atom. The first-order valence-electron chi connectivity index (χ1n) is 9.72. The van der Waals surface area contributed by atoms with E-state index < -0.39 is 29.0 Å². The van der Waals surface area contributed by atoms with Crippen molar-refractivity contribution < 1.29 is 18.0 Å². The molecule has 2 aromatic carbocycles. The van der Waals surface area contributed by atoms with Crippen molar-refractivity contribution in [2.75, 3.05) is 5.32 Å². The Morgan fingerprint density at radius 2 is 1.75 bits per heavy atom. The van der Waals surface area contributed by atoms with E-state index in [1.165, 1.54) is 10.8 Å². The van der Waals surface area contributed by atoms with E-state index in [1.807, 2.05) is 31.2 Å². The minimum absolute atomic E-state index is 0.0412. The number of amides is 1. The summed E-state index contributed by atoms with van der Waals surface area (Å²) in [6.07, 6.45) is 1.20. The van der Waals surface area contributed by atoms with Crippen LogP contribution >= 0.6 is 0 Å². The van der Waals surface area contributed by atoms with Crippen molar-refractivity contribution in [3.05, 3.63) is 81.8 Å². The number of nitrogens with one attached hydrogen (secondary N) is 1. The lowest BCUT2D eigenvalue weighted by molar-refractivity contribution is -0.116. The van der Waals surface area contributed by atoms with Crippen molar-refractivity contribution >= 4 is 22.6 Å². The summed E-state index contributed by atoms with van der Waals surface area (Å²) in [6, 6.07) is 9.22. The van der Waals surface area contributed by atoms with Gasteiger partial charge in [-0.2, -0.15) is 5.10 Å². The van der Waals surface area contributed by atoms with Crippen LogP contribution < -0.4 is 10.9 Å². The number of hydrogen-bond acceptors (Lipinski definition) is 4. The van der Waals surface area contributed by atoms with Gasteiger partial charge in [0.2, 0.25) is 5.91 Å². The maximum Gasteiger partial charge on any atom is 0.264 e. The largest absolute Gasteiger partial charge is 0.323 e. The van der Waals surface area contributed by atoms with E-state index in [-0.39, 0.29) is 23.9 Å². The molecule has 0 unspecified atom stereocenters. The van der Waals surface area contributed by atoms with Gasteiger partial charge in [0.15, 0.2) is 23.1 Å². The first-order chi connectivity index (χ1) is 15.3. The fraction of sp³-hybridized carbons (Fsp3) is 0.182. The quantitative estimate of drug-likeness (QED) is 0.480. The second-order valence-electron chi connectivity index (χ2n) is 7.27. The van der Waals surface area contributed by atoms with Gasteiger partial charge in [-0.05, 0) is 38.1 Å². The summed E-state index contributed by atoms with van der Waals surface area (Å²) in [4.78, 5) is 29.6. The lowest BCUT2D eigenvalue weighted by Crippen LogP contribution is -2.26. The molecule has 0 bridgehead atoms. The average Bonchev–Trinajstić information content (AvgIpc) is 3.18. The highest BCUT2D eigenvalue weighted by molar-refractivity contribution is 5.90. The highest BCUT2D eigenvalue weighted by Gasteiger charge is 2.17. The SMILES string of the molecule is Cc1ccc(-n2ncc3c(=O)n(CCC(=O)Nc4ccc(F)c(F)c4F)c(C)nc32)cc1. The maximum absolute atomic E-state index is 13.7. The van der Waals surface area contributed by atoms with Gasteiger partial charge in [-0.1, -0.05) is 17.7 Å². The van der Waals surface area contributed by atoms with Crippen LogP contribution in [0.5, 0.6) is 0 Å². The predicted octanol–water partition coefficient (Wildman–Crippen LogP) is 3.65. The van der Waals surface area contributed by atoms with Crippen LogP contribution in [0.15, 0.2) is 47.4 Å². The minimum Gasteiger partial charge on any atom is -0.323 e. The normalized spacial score (nSPS) is 11.2. The highest BCUT2D eigenvalue weighted by Crippen LogP contribution is 2.20. The van der Waals surface area contributed by atoms with Crippen LogP contribution in [0.4, 0.5) is 18.9 Å². The Balaban J connectivity index is 1.56. The molecule has 2 heterocycles. The van der Waals surface area contributed by atoms with Gasteiger partial charge < -0.3 is 5.32 Å². The van der Waals surface area contributed by atoms with Crippen molar-refractivity contribution in [2.45, 2.75) is 26.8 Å². The fourth-order valence-electron chi connectivity index (χ4n) is 3.29. The molecule has 1 amide bonds. The number of aryl methyl sites for hydroxylation is 2. The third kappa shape index (κ3) is 3.86.